The van der Waals surface area contributed by atoms with Crippen molar-refractivity contribution in [2.75, 3.05) is 0 Å². The van der Waals surface area contributed by atoms with Crippen LogP contribution in [0, 0.1) is 0 Å². The monoisotopic (exact) mass is 693 g/mol. The summed E-state index contributed by atoms with van der Waals surface area (Å²) in [5.74, 6) is 0.621. The van der Waals surface area contributed by atoms with Gasteiger partial charge in [0.1, 0.15) is 16.8 Å². The predicted octanol–water partition coefficient (Wildman–Crippen LogP) is 13.5. The lowest BCUT2D eigenvalue weighted by molar-refractivity contribution is 0.666. The number of furan rings is 1. The number of para-hydroxylation sites is 2. The average molecular weight is 694 g/mol. The number of rotatable bonds is 3. The number of benzene rings is 8. The van der Waals surface area contributed by atoms with Gasteiger partial charge in [0.25, 0.3) is 0 Å². The Hall–Kier alpha value is -6.82. The molecule has 0 bridgehead atoms. The van der Waals surface area contributed by atoms with Crippen molar-refractivity contribution in [1.82, 2.24) is 14.5 Å². The van der Waals surface area contributed by atoms with E-state index in [-0.39, 0.29) is 0 Å². The summed E-state index contributed by atoms with van der Waals surface area (Å²) in [4.78, 5) is 10.9. The molecule has 8 aromatic carbocycles. The minimum atomic E-state index is 0.621. The summed E-state index contributed by atoms with van der Waals surface area (Å²) in [6, 6.07) is 58.2. The molecule has 4 nitrogen and oxygen atoms in total. The van der Waals surface area contributed by atoms with E-state index in [2.05, 4.69) is 150 Å². The van der Waals surface area contributed by atoms with E-state index in [1.807, 2.05) is 29.5 Å². The largest absolute Gasteiger partial charge is 0.452 e. The molecule has 0 atom stereocenters. The van der Waals surface area contributed by atoms with Crippen LogP contribution in [0.25, 0.3) is 114 Å². The first-order valence-corrected chi connectivity index (χ1v) is 18.7. The first kappa shape index (κ1) is 28.8. The summed E-state index contributed by atoms with van der Waals surface area (Å²) in [5.41, 5.74) is 8.58. The molecule has 53 heavy (non-hydrogen) atoms. The molecule has 0 saturated carbocycles. The van der Waals surface area contributed by atoms with E-state index in [0.29, 0.717) is 11.5 Å². The average Bonchev–Trinajstić information content (AvgIpc) is 3.91. The molecule has 4 heterocycles. The molecule has 0 aliphatic rings. The summed E-state index contributed by atoms with van der Waals surface area (Å²) < 4.78 is 11.4. The standard InChI is InChI=1S/C48H27N3OS/c1-2-14-31-28(12-1)13-11-20-32(31)29-24-26-30(27-25-29)43-46-44(36-18-6-9-22-39(36)52-46)50-48(49-43)51-38-21-8-5-17-35(38)41-33-15-3-4-16-34(33)47-42(45(41)51)37-19-7-10-23-40(37)53-47/h1-27H. The smallest absolute Gasteiger partial charge is 0.236 e. The minimum Gasteiger partial charge on any atom is -0.452 e. The SMILES string of the molecule is c1ccc2c(-c3ccc(-c4nc(-n5c6ccccc6c6c7ccccc7c7sc8ccccc8c7c65)nc5c4oc4ccccc45)cc3)cccc2c1. The molecule has 0 N–H and O–H groups in total. The summed E-state index contributed by atoms with van der Waals surface area (Å²) in [5, 5.41) is 10.8. The van der Waals surface area contributed by atoms with Crippen molar-refractivity contribution in [3.63, 3.8) is 0 Å². The van der Waals surface area contributed by atoms with E-state index in [4.69, 9.17) is 14.4 Å². The van der Waals surface area contributed by atoms with Crippen molar-refractivity contribution in [2.24, 2.45) is 0 Å². The molecule has 0 amide bonds. The third kappa shape index (κ3) is 4.05. The van der Waals surface area contributed by atoms with Crippen LogP contribution in [-0.4, -0.2) is 14.5 Å². The summed E-state index contributed by atoms with van der Waals surface area (Å²) >= 11 is 1.86. The number of hydrogen-bond acceptors (Lipinski definition) is 4. The Bertz CT molecular complexity index is 3450. The van der Waals surface area contributed by atoms with Gasteiger partial charge in [-0.1, -0.05) is 140 Å². The van der Waals surface area contributed by atoms with E-state index in [9.17, 15) is 0 Å². The summed E-state index contributed by atoms with van der Waals surface area (Å²) in [6.07, 6.45) is 0. The molecule has 0 radical (unpaired) electrons. The fraction of sp³-hybridized carbons (Fsp3) is 0. The van der Waals surface area contributed by atoms with Gasteiger partial charge in [0.15, 0.2) is 5.58 Å². The van der Waals surface area contributed by atoms with Crippen molar-refractivity contribution >= 4 is 96.9 Å². The molecule has 12 rings (SSSR count). The topological polar surface area (TPSA) is 43.9 Å². The van der Waals surface area contributed by atoms with E-state index in [1.54, 1.807) is 0 Å². The van der Waals surface area contributed by atoms with E-state index < -0.39 is 0 Å². The first-order chi connectivity index (χ1) is 26.3. The van der Waals surface area contributed by atoms with Crippen LogP contribution in [0.15, 0.2) is 168 Å². The molecule has 0 unspecified atom stereocenters. The Balaban J connectivity index is 1.19. The fourth-order valence-corrected chi connectivity index (χ4v) is 9.73. The number of aromatic nitrogens is 3. The van der Waals surface area contributed by atoms with Gasteiger partial charge in [-0.25, -0.2) is 9.97 Å². The zero-order valence-electron chi connectivity index (χ0n) is 28.2. The molecule has 0 fully saturated rings. The quantitative estimate of drug-likeness (QED) is 0.185. The van der Waals surface area contributed by atoms with Gasteiger partial charge in [-0.05, 0) is 51.6 Å². The number of fused-ring (bicyclic) bond motifs is 14. The lowest BCUT2D eigenvalue weighted by Gasteiger charge is -2.12. The van der Waals surface area contributed by atoms with E-state index in [0.717, 1.165) is 44.3 Å². The lowest BCUT2D eigenvalue weighted by Crippen LogP contribution is -2.03. The molecular formula is C48H27N3OS. The van der Waals surface area contributed by atoms with Gasteiger partial charge in [-0.2, -0.15) is 0 Å². The Labute approximate surface area is 306 Å². The molecule has 0 aliphatic carbocycles. The Morgan fingerprint density at radius 2 is 1.15 bits per heavy atom. The van der Waals surface area contributed by atoms with Crippen LogP contribution in [0.1, 0.15) is 0 Å². The molecule has 0 saturated heterocycles. The zero-order chi connectivity index (χ0) is 34.6. The highest BCUT2D eigenvalue weighted by molar-refractivity contribution is 7.27. The van der Waals surface area contributed by atoms with Crippen LogP contribution < -0.4 is 0 Å². The molecule has 5 heteroatoms. The minimum absolute atomic E-state index is 0.621. The normalized spacial score (nSPS) is 12.2. The highest BCUT2D eigenvalue weighted by Crippen LogP contribution is 2.48. The number of nitrogens with zero attached hydrogens (tertiary/aromatic N) is 3. The van der Waals surface area contributed by atoms with Gasteiger partial charge in [-0.3, -0.25) is 4.57 Å². The third-order valence-corrected chi connectivity index (χ3v) is 12.0. The Morgan fingerprint density at radius 3 is 2.02 bits per heavy atom. The van der Waals surface area contributed by atoms with Crippen molar-refractivity contribution in [2.45, 2.75) is 0 Å². The maximum atomic E-state index is 6.60. The van der Waals surface area contributed by atoms with Crippen LogP contribution in [0.2, 0.25) is 0 Å². The Kier molecular flexibility index (Phi) is 5.90. The van der Waals surface area contributed by atoms with Gasteiger partial charge < -0.3 is 4.42 Å². The zero-order valence-corrected chi connectivity index (χ0v) is 29.1. The summed E-state index contributed by atoms with van der Waals surface area (Å²) in [7, 11) is 0. The third-order valence-electron chi connectivity index (χ3n) is 10.8. The molecular weight excluding hydrogens is 667 g/mol. The second-order valence-corrected chi connectivity index (χ2v) is 14.7. The maximum Gasteiger partial charge on any atom is 0.236 e. The predicted molar refractivity (Wildman–Crippen MR) is 222 cm³/mol. The second-order valence-electron chi connectivity index (χ2n) is 13.7. The highest BCUT2D eigenvalue weighted by atomic mass is 32.1. The van der Waals surface area contributed by atoms with Gasteiger partial charge >= 0.3 is 0 Å². The van der Waals surface area contributed by atoms with Crippen LogP contribution in [-0.2, 0) is 0 Å². The molecule has 12 aromatic rings. The van der Waals surface area contributed by atoms with E-state index in [1.165, 1.54) is 58.1 Å². The van der Waals surface area contributed by atoms with Crippen molar-refractivity contribution in [1.29, 1.82) is 0 Å². The van der Waals surface area contributed by atoms with Crippen LogP contribution in [0.5, 0.6) is 0 Å². The highest BCUT2D eigenvalue weighted by Gasteiger charge is 2.25. The molecule has 0 aliphatic heterocycles. The van der Waals surface area contributed by atoms with Gasteiger partial charge in [-0.15, -0.1) is 11.3 Å². The lowest BCUT2D eigenvalue weighted by atomic mass is 9.97. The molecule has 0 spiro atoms. The van der Waals surface area contributed by atoms with Gasteiger partial charge in [0.05, 0.1) is 11.0 Å². The maximum absolute atomic E-state index is 6.60. The van der Waals surface area contributed by atoms with Crippen LogP contribution in [0.3, 0.4) is 0 Å². The second kappa shape index (κ2) is 10.8. The number of thiophene rings is 1. The molecule has 4 aromatic heterocycles. The van der Waals surface area contributed by atoms with Crippen molar-refractivity contribution in [3.05, 3.63) is 164 Å². The van der Waals surface area contributed by atoms with Gasteiger partial charge in [0, 0.05) is 47.3 Å². The van der Waals surface area contributed by atoms with Crippen LogP contribution in [0.4, 0.5) is 0 Å². The first-order valence-electron chi connectivity index (χ1n) is 17.8. The van der Waals surface area contributed by atoms with Crippen molar-refractivity contribution in [3.8, 4) is 28.3 Å². The fourth-order valence-electron chi connectivity index (χ4n) is 8.49. The van der Waals surface area contributed by atoms with E-state index >= 15 is 0 Å². The number of hydrogen-bond donors (Lipinski definition) is 0. The molecule has 246 valence electrons. The summed E-state index contributed by atoms with van der Waals surface area (Å²) in [6.45, 7) is 0. The van der Waals surface area contributed by atoms with Gasteiger partial charge in [0.2, 0.25) is 5.95 Å². The van der Waals surface area contributed by atoms with Crippen molar-refractivity contribution < 1.29 is 4.42 Å². The van der Waals surface area contributed by atoms with Crippen LogP contribution >= 0.6 is 11.3 Å². The Morgan fingerprint density at radius 1 is 0.491 bits per heavy atom.